The van der Waals surface area contributed by atoms with Crippen LogP contribution >= 0.6 is 0 Å². The zero-order valence-corrected chi connectivity index (χ0v) is 26.2. The van der Waals surface area contributed by atoms with Crippen LogP contribution in [0.2, 0.25) is 0 Å². The number of aliphatic hydroxyl groups excluding tert-OH is 4. The Morgan fingerprint density at radius 3 is 1.22 bits per heavy atom. The smallest absolute Gasteiger partial charge is 0.322 e. The van der Waals surface area contributed by atoms with Gasteiger partial charge in [-0.1, -0.05) is 24.3 Å². The van der Waals surface area contributed by atoms with Crippen molar-refractivity contribution in [1.82, 2.24) is 0 Å². The third kappa shape index (κ3) is 8.85. The maximum absolute atomic E-state index is 13.0. The molecule has 0 aromatic heterocycles. The maximum Gasteiger partial charge on any atom is 0.322 e. The van der Waals surface area contributed by atoms with E-state index in [0.29, 0.717) is 11.1 Å². The van der Waals surface area contributed by atoms with E-state index in [1.807, 2.05) is 0 Å². The number of esters is 2. The minimum atomic E-state index is -1.50. The monoisotopic (exact) mass is 628 g/mol. The summed E-state index contributed by atoms with van der Waals surface area (Å²) < 4.78 is 21.2. The molecular weight excluding hydrogens is 588 g/mol. The number of allylic oxidation sites excluding steroid dienone is 2. The summed E-state index contributed by atoms with van der Waals surface area (Å²) in [4.78, 5) is 50.8. The first-order valence-electron chi connectivity index (χ1n) is 13.8. The minimum Gasteiger partial charge on any atom is -0.493 e. The Labute approximate surface area is 261 Å². The first-order valence-corrected chi connectivity index (χ1v) is 13.8. The van der Waals surface area contributed by atoms with Crippen LogP contribution in [0.15, 0.2) is 48.6 Å². The van der Waals surface area contributed by atoms with Gasteiger partial charge in [0.25, 0.3) is 0 Å². The number of benzene rings is 2. The van der Waals surface area contributed by atoms with E-state index in [-0.39, 0.29) is 23.0 Å². The van der Waals surface area contributed by atoms with E-state index in [1.165, 1.54) is 90.5 Å². The normalized spacial score (nSPS) is 12.3. The van der Waals surface area contributed by atoms with Gasteiger partial charge in [0.2, 0.25) is 0 Å². The highest BCUT2D eigenvalue weighted by Gasteiger charge is 2.36. The number of ketones is 2. The Bertz CT molecular complexity index is 1340. The van der Waals surface area contributed by atoms with Crippen LogP contribution in [0.25, 0.3) is 12.2 Å². The number of carbonyl (C=O) groups is 4. The fourth-order valence-corrected chi connectivity index (χ4v) is 3.43. The van der Waals surface area contributed by atoms with E-state index in [9.17, 15) is 39.6 Å². The van der Waals surface area contributed by atoms with Gasteiger partial charge in [0.15, 0.2) is 34.6 Å². The average Bonchev–Trinajstić information content (AvgIpc) is 3.05. The number of ether oxygens (including phenoxy) is 4. The molecule has 12 nitrogen and oxygen atoms in total. The maximum atomic E-state index is 13.0. The Morgan fingerprint density at radius 1 is 0.600 bits per heavy atom. The SMILES string of the molecule is COc1cc(/C=C/C(=O)C(C)(C)C(=O)/C=C/c2ccc(OC(=O)C(C)(CO)CO)c(OC)c2)ccc1OC(=O)C(C)(CO)CO. The van der Waals surface area contributed by atoms with Crippen LogP contribution in [-0.4, -0.2) is 84.6 Å². The molecule has 244 valence electrons. The molecule has 2 rings (SSSR count). The van der Waals surface area contributed by atoms with Gasteiger partial charge < -0.3 is 39.4 Å². The van der Waals surface area contributed by atoms with E-state index < -0.39 is 66.2 Å². The van der Waals surface area contributed by atoms with Crippen molar-refractivity contribution in [3.8, 4) is 23.0 Å². The summed E-state index contributed by atoms with van der Waals surface area (Å²) in [6, 6.07) is 9.01. The van der Waals surface area contributed by atoms with Gasteiger partial charge in [0.1, 0.15) is 10.8 Å². The first kappa shape index (κ1) is 36.8. The Hall–Kier alpha value is -4.36. The van der Waals surface area contributed by atoms with Crippen molar-refractivity contribution in [2.45, 2.75) is 27.7 Å². The van der Waals surface area contributed by atoms with Crippen LogP contribution in [0, 0.1) is 16.2 Å². The second-order valence-electron chi connectivity index (χ2n) is 11.4. The van der Waals surface area contributed by atoms with Gasteiger partial charge in [0, 0.05) is 0 Å². The molecule has 0 spiro atoms. The van der Waals surface area contributed by atoms with Crippen LogP contribution < -0.4 is 18.9 Å². The molecule has 0 saturated carbocycles. The quantitative estimate of drug-likeness (QED) is 0.0922. The van der Waals surface area contributed by atoms with Crippen molar-refractivity contribution in [1.29, 1.82) is 0 Å². The summed E-state index contributed by atoms with van der Waals surface area (Å²) in [5.41, 5.74) is -3.41. The highest BCUT2D eigenvalue weighted by atomic mass is 16.6. The van der Waals surface area contributed by atoms with Crippen molar-refractivity contribution < 1.29 is 58.6 Å². The molecule has 2 aromatic carbocycles. The van der Waals surface area contributed by atoms with E-state index in [2.05, 4.69) is 0 Å². The lowest BCUT2D eigenvalue weighted by atomic mass is 9.82. The number of methoxy groups -OCH3 is 2. The lowest BCUT2D eigenvalue weighted by Crippen LogP contribution is -2.38. The highest BCUT2D eigenvalue weighted by molar-refractivity contribution is 6.16. The predicted octanol–water partition coefficient (Wildman–Crippen LogP) is 2.39. The van der Waals surface area contributed by atoms with E-state index >= 15 is 0 Å². The van der Waals surface area contributed by atoms with Crippen LogP contribution in [0.3, 0.4) is 0 Å². The summed E-state index contributed by atoms with van der Waals surface area (Å²) in [6.45, 7) is 3.20. The molecule has 0 heterocycles. The molecule has 4 N–H and O–H groups in total. The average molecular weight is 629 g/mol. The molecular formula is C33H40O12. The lowest BCUT2D eigenvalue weighted by molar-refractivity contribution is -0.151. The van der Waals surface area contributed by atoms with Crippen LogP contribution in [0.5, 0.6) is 23.0 Å². The molecule has 0 unspecified atom stereocenters. The minimum absolute atomic E-state index is 0.0522. The number of aliphatic hydroxyl groups is 4. The van der Waals surface area contributed by atoms with Gasteiger partial charge >= 0.3 is 11.9 Å². The molecule has 0 aliphatic carbocycles. The number of hydrogen-bond acceptors (Lipinski definition) is 12. The van der Waals surface area contributed by atoms with Crippen molar-refractivity contribution in [2.24, 2.45) is 16.2 Å². The summed E-state index contributed by atoms with van der Waals surface area (Å²) in [5.74, 6) is -2.22. The number of rotatable bonds is 16. The Balaban J connectivity index is 2.17. The summed E-state index contributed by atoms with van der Waals surface area (Å²) in [6.07, 6.45) is 5.45. The van der Waals surface area contributed by atoms with E-state index in [1.54, 1.807) is 12.1 Å². The van der Waals surface area contributed by atoms with Crippen LogP contribution in [0.1, 0.15) is 38.8 Å². The largest absolute Gasteiger partial charge is 0.493 e. The second kappa shape index (κ2) is 15.6. The third-order valence-electron chi connectivity index (χ3n) is 7.25. The van der Waals surface area contributed by atoms with Crippen LogP contribution in [-0.2, 0) is 19.2 Å². The highest BCUT2D eigenvalue weighted by Crippen LogP contribution is 2.33. The topological polar surface area (TPSA) is 186 Å². The fourth-order valence-electron chi connectivity index (χ4n) is 3.43. The molecule has 0 fully saturated rings. The Kier molecular flexibility index (Phi) is 12.7. The molecule has 0 aliphatic rings. The Morgan fingerprint density at radius 2 is 0.933 bits per heavy atom. The molecule has 0 bridgehead atoms. The lowest BCUT2D eigenvalue weighted by Gasteiger charge is -2.22. The van der Waals surface area contributed by atoms with Gasteiger partial charge in [-0.2, -0.15) is 0 Å². The molecule has 45 heavy (non-hydrogen) atoms. The zero-order chi connectivity index (χ0) is 34.0. The van der Waals surface area contributed by atoms with Gasteiger partial charge in [0.05, 0.1) is 46.1 Å². The first-order chi connectivity index (χ1) is 21.1. The van der Waals surface area contributed by atoms with Gasteiger partial charge in [-0.3, -0.25) is 19.2 Å². The number of hydrogen-bond donors (Lipinski definition) is 4. The van der Waals surface area contributed by atoms with Crippen molar-refractivity contribution in [2.75, 3.05) is 40.6 Å². The standard InChI is InChI=1S/C33H40O12/c1-31(2,27(38)13-9-21-7-11-23(25(15-21)42-5)44-29(40)32(3,17-34)18-35)28(39)14-10-22-8-12-24(26(16-22)43-6)45-30(41)33(4,19-36)20-37/h7-16,34-37H,17-20H2,1-6H3/b13-9+,14-10+. The van der Waals surface area contributed by atoms with Gasteiger partial charge in [-0.15, -0.1) is 0 Å². The van der Waals surface area contributed by atoms with Crippen molar-refractivity contribution in [3.05, 3.63) is 59.7 Å². The van der Waals surface area contributed by atoms with Crippen molar-refractivity contribution in [3.63, 3.8) is 0 Å². The predicted molar refractivity (Wildman–Crippen MR) is 164 cm³/mol. The molecule has 0 saturated heterocycles. The summed E-state index contributed by atoms with van der Waals surface area (Å²) in [5, 5.41) is 37.7. The third-order valence-corrected chi connectivity index (χ3v) is 7.25. The molecule has 0 aliphatic heterocycles. The fraction of sp³-hybridized carbons (Fsp3) is 0.394. The molecule has 12 heteroatoms. The zero-order valence-electron chi connectivity index (χ0n) is 26.2. The molecule has 0 radical (unpaired) electrons. The van der Waals surface area contributed by atoms with E-state index in [0.717, 1.165) is 0 Å². The molecule has 2 aromatic rings. The van der Waals surface area contributed by atoms with Crippen molar-refractivity contribution >= 4 is 35.7 Å². The van der Waals surface area contributed by atoms with Crippen LogP contribution in [0.4, 0.5) is 0 Å². The summed E-state index contributed by atoms with van der Waals surface area (Å²) >= 11 is 0. The van der Waals surface area contributed by atoms with Gasteiger partial charge in [-0.25, -0.2) is 0 Å². The second-order valence-corrected chi connectivity index (χ2v) is 11.4. The number of carbonyl (C=O) groups excluding carboxylic acids is 4. The summed E-state index contributed by atoms with van der Waals surface area (Å²) in [7, 11) is 2.72. The van der Waals surface area contributed by atoms with E-state index in [4.69, 9.17) is 18.9 Å². The molecule has 0 atom stereocenters. The van der Waals surface area contributed by atoms with Gasteiger partial charge in [-0.05, 0) is 75.2 Å². The molecule has 0 amide bonds.